The van der Waals surface area contributed by atoms with E-state index in [1.165, 1.54) is 11.3 Å². The lowest BCUT2D eigenvalue weighted by molar-refractivity contribution is 0.0985. The molecule has 0 N–H and O–H groups in total. The lowest BCUT2D eigenvalue weighted by atomic mass is 10.2. The molecule has 0 bridgehead atoms. The van der Waals surface area contributed by atoms with Crippen molar-refractivity contribution >= 4 is 17.1 Å². The van der Waals surface area contributed by atoms with Gasteiger partial charge in [-0.3, -0.25) is 4.79 Å². The Bertz CT molecular complexity index is 254. The van der Waals surface area contributed by atoms with E-state index in [0.29, 0.717) is 6.42 Å². The van der Waals surface area contributed by atoms with Crippen LogP contribution >= 0.6 is 11.3 Å². The zero-order chi connectivity index (χ0) is 8.27. The molecular weight excluding hydrogens is 158 g/mol. The van der Waals surface area contributed by atoms with E-state index in [0.717, 1.165) is 16.3 Å². The number of Topliss-reactive ketones (excluding diaryl/α,β-unsaturated/α-hetero) is 1. The first-order valence-electron chi connectivity index (χ1n) is 3.69. The first kappa shape index (κ1) is 8.40. The van der Waals surface area contributed by atoms with Crippen LogP contribution in [0.25, 0.3) is 0 Å². The maximum absolute atomic E-state index is 11.2. The Morgan fingerprint density at radius 3 is 2.91 bits per heavy atom. The number of ketones is 1. The molecule has 1 aromatic rings. The molecule has 0 aliphatic rings. The van der Waals surface area contributed by atoms with E-state index in [2.05, 4.69) is 4.98 Å². The molecule has 0 spiro atoms. The highest BCUT2D eigenvalue weighted by atomic mass is 32.1. The van der Waals surface area contributed by atoms with Crippen LogP contribution in [0.3, 0.4) is 0 Å². The molecule has 0 atom stereocenters. The van der Waals surface area contributed by atoms with E-state index in [9.17, 15) is 4.79 Å². The molecular formula is C8H11NOS. The molecule has 0 saturated carbocycles. The summed E-state index contributed by atoms with van der Waals surface area (Å²) in [5, 5.41) is 0.962. The number of aromatic nitrogens is 1. The van der Waals surface area contributed by atoms with Gasteiger partial charge in [-0.1, -0.05) is 6.92 Å². The lowest BCUT2D eigenvalue weighted by Crippen LogP contribution is -1.93. The van der Waals surface area contributed by atoms with Gasteiger partial charge in [0.25, 0.3) is 0 Å². The second-order valence-electron chi connectivity index (χ2n) is 2.42. The summed E-state index contributed by atoms with van der Waals surface area (Å²) >= 11 is 1.48. The first-order chi connectivity index (χ1) is 5.24. The van der Waals surface area contributed by atoms with E-state index < -0.39 is 0 Å². The zero-order valence-corrected chi connectivity index (χ0v) is 7.57. The van der Waals surface area contributed by atoms with Crippen LogP contribution in [0.4, 0.5) is 0 Å². The van der Waals surface area contributed by atoms with Gasteiger partial charge in [-0.15, -0.1) is 11.3 Å². The number of thiazole rings is 1. The number of nitrogens with zero attached hydrogens (tertiary/aromatic N) is 1. The molecule has 2 nitrogen and oxygen atoms in total. The van der Waals surface area contributed by atoms with Gasteiger partial charge in [0.15, 0.2) is 5.78 Å². The third-order valence-electron chi connectivity index (χ3n) is 1.37. The highest BCUT2D eigenvalue weighted by molar-refractivity contribution is 7.13. The topological polar surface area (TPSA) is 30.0 Å². The molecule has 0 unspecified atom stereocenters. The van der Waals surface area contributed by atoms with Gasteiger partial charge in [-0.2, -0.15) is 0 Å². The van der Waals surface area contributed by atoms with Crippen LogP contribution in [-0.2, 0) is 0 Å². The molecule has 0 aliphatic heterocycles. The van der Waals surface area contributed by atoms with Gasteiger partial charge in [0, 0.05) is 12.6 Å². The molecule has 0 saturated heterocycles. The Morgan fingerprint density at radius 1 is 1.73 bits per heavy atom. The van der Waals surface area contributed by atoms with Gasteiger partial charge in [0.1, 0.15) is 0 Å². The highest BCUT2D eigenvalue weighted by Crippen LogP contribution is 2.13. The predicted octanol–water partition coefficient (Wildman–Crippen LogP) is 2.43. The molecule has 0 fully saturated rings. The van der Waals surface area contributed by atoms with Crippen molar-refractivity contribution in [3.05, 3.63) is 16.1 Å². The van der Waals surface area contributed by atoms with E-state index in [1.807, 2.05) is 13.8 Å². The standard InChI is InChI=1S/C8H11NOS/c1-3-4-7(10)8-5-9-6(2)11-8/h5H,3-4H2,1-2H3. The quantitative estimate of drug-likeness (QED) is 0.650. The minimum atomic E-state index is 0.220. The molecule has 1 heterocycles. The minimum Gasteiger partial charge on any atom is -0.293 e. The number of carbonyl (C=O) groups excluding carboxylic acids is 1. The van der Waals surface area contributed by atoms with Gasteiger partial charge in [0.2, 0.25) is 0 Å². The van der Waals surface area contributed by atoms with Crippen LogP contribution in [0.2, 0.25) is 0 Å². The maximum Gasteiger partial charge on any atom is 0.174 e. The fourth-order valence-corrected chi connectivity index (χ4v) is 1.59. The third kappa shape index (κ3) is 2.12. The second-order valence-corrected chi connectivity index (χ2v) is 3.65. The molecule has 1 aromatic heterocycles. The molecule has 3 heteroatoms. The fourth-order valence-electron chi connectivity index (χ4n) is 0.841. The monoisotopic (exact) mass is 169 g/mol. The van der Waals surface area contributed by atoms with Crippen LogP contribution in [0, 0.1) is 6.92 Å². The van der Waals surface area contributed by atoms with E-state index in [4.69, 9.17) is 0 Å². The number of hydrogen-bond donors (Lipinski definition) is 0. The van der Waals surface area contributed by atoms with Crippen LogP contribution in [0.5, 0.6) is 0 Å². The predicted molar refractivity (Wildman–Crippen MR) is 46.1 cm³/mol. The summed E-state index contributed by atoms with van der Waals surface area (Å²) in [7, 11) is 0. The van der Waals surface area contributed by atoms with E-state index in [1.54, 1.807) is 6.20 Å². The summed E-state index contributed by atoms with van der Waals surface area (Å²) < 4.78 is 0. The summed E-state index contributed by atoms with van der Waals surface area (Å²) in [5.74, 6) is 0.220. The molecule has 0 radical (unpaired) electrons. The molecule has 0 aliphatic carbocycles. The Balaban J connectivity index is 2.69. The van der Waals surface area contributed by atoms with Crippen LogP contribution in [0.1, 0.15) is 34.4 Å². The number of rotatable bonds is 3. The summed E-state index contributed by atoms with van der Waals surface area (Å²) in [6, 6.07) is 0. The van der Waals surface area contributed by atoms with Gasteiger partial charge in [-0.05, 0) is 13.3 Å². The molecule has 11 heavy (non-hydrogen) atoms. The number of carbonyl (C=O) groups is 1. The van der Waals surface area contributed by atoms with Crippen LogP contribution < -0.4 is 0 Å². The third-order valence-corrected chi connectivity index (χ3v) is 2.33. The molecule has 1 rings (SSSR count). The molecule has 60 valence electrons. The second kappa shape index (κ2) is 3.62. The summed E-state index contributed by atoms with van der Waals surface area (Å²) in [6.45, 7) is 3.92. The normalized spacial score (nSPS) is 10.0. The van der Waals surface area contributed by atoms with Crippen LogP contribution in [0.15, 0.2) is 6.20 Å². The fraction of sp³-hybridized carbons (Fsp3) is 0.500. The smallest absolute Gasteiger partial charge is 0.174 e. The van der Waals surface area contributed by atoms with Crippen molar-refractivity contribution in [3.63, 3.8) is 0 Å². The van der Waals surface area contributed by atoms with E-state index >= 15 is 0 Å². The maximum atomic E-state index is 11.2. The van der Waals surface area contributed by atoms with Gasteiger partial charge in [0.05, 0.1) is 9.88 Å². The lowest BCUT2D eigenvalue weighted by Gasteiger charge is -1.90. The Morgan fingerprint density at radius 2 is 2.45 bits per heavy atom. The Hall–Kier alpha value is -0.700. The SMILES string of the molecule is CCCC(=O)c1cnc(C)s1. The van der Waals surface area contributed by atoms with Crippen molar-refractivity contribution in [2.45, 2.75) is 26.7 Å². The van der Waals surface area contributed by atoms with Gasteiger partial charge < -0.3 is 0 Å². The first-order valence-corrected chi connectivity index (χ1v) is 4.51. The van der Waals surface area contributed by atoms with Crippen molar-refractivity contribution in [2.24, 2.45) is 0 Å². The van der Waals surface area contributed by atoms with Gasteiger partial charge in [-0.25, -0.2) is 4.98 Å². The summed E-state index contributed by atoms with van der Waals surface area (Å²) in [4.78, 5) is 16.0. The number of aryl methyl sites for hydroxylation is 1. The van der Waals surface area contributed by atoms with Crippen molar-refractivity contribution in [3.8, 4) is 0 Å². The average molecular weight is 169 g/mol. The van der Waals surface area contributed by atoms with Crippen molar-refractivity contribution in [2.75, 3.05) is 0 Å². The van der Waals surface area contributed by atoms with Crippen LogP contribution in [-0.4, -0.2) is 10.8 Å². The minimum absolute atomic E-state index is 0.220. The molecule has 0 aromatic carbocycles. The van der Waals surface area contributed by atoms with Crippen molar-refractivity contribution in [1.29, 1.82) is 0 Å². The van der Waals surface area contributed by atoms with Crippen molar-refractivity contribution < 1.29 is 4.79 Å². The summed E-state index contributed by atoms with van der Waals surface area (Å²) in [6.07, 6.45) is 3.22. The summed E-state index contributed by atoms with van der Waals surface area (Å²) in [5.41, 5.74) is 0. The Labute approximate surface area is 70.3 Å². The van der Waals surface area contributed by atoms with Gasteiger partial charge >= 0.3 is 0 Å². The van der Waals surface area contributed by atoms with E-state index in [-0.39, 0.29) is 5.78 Å². The Kier molecular flexibility index (Phi) is 2.76. The average Bonchev–Trinajstić information content (AvgIpc) is 2.36. The highest BCUT2D eigenvalue weighted by Gasteiger charge is 2.06. The number of hydrogen-bond acceptors (Lipinski definition) is 3. The van der Waals surface area contributed by atoms with Crippen molar-refractivity contribution in [1.82, 2.24) is 4.98 Å². The largest absolute Gasteiger partial charge is 0.293 e. The zero-order valence-electron chi connectivity index (χ0n) is 6.76. The molecule has 0 amide bonds.